The van der Waals surface area contributed by atoms with E-state index in [0.717, 1.165) is 41.4 Å². The van der Waals surface area contributed by atoms with Crippen LogP contribution in [-0.2, 0) is 0 Å². The Kier molecular flexibility index (Phi) is 5.98. The summed E-state index contributed by atoms with van der Waals surface area (Å²) in [7, 11) is 0. The van der Waals surface area contributed by atoms with Gasteiger partial charge in [-0.25, -0.2) is 0 Å². The van der Waals surface area contributed by atoms with Gasteiger partial charge >= 0.3 is 0 Å². The molecule has 4 saturated carbocycles. The normalized spacial score (nSPS) is 49.4. The average molecular weight is 388 g/mol. The minimum absolute atomic E-state index is 0.492. The molecular weight excluding hydrogens is 338 g/mol. The van der Waals surface area contributed by atoms with Crippen LogP contribution in [0.5, 0.6) is 0 Å². The second-order valence-corrected chi connectivity index (χ2v) is 12.7. The van der Waals surface area contributed by atoms with Gasteiger partial charge in [0.05, 0.1) is 0 Å². The summed E-state index contributed by atoms with van der Waals surface area (Å²) < 4.78 is 0. The zero-order chi connectivity index (χ0) is 20.1. The maximum absolute atomic E-state index is 6.39. The van der Waals surface area contributed by atoms with Crippen LogP contribution in [0.15, 0.2) is 0 Å². The van der Waals surface area contributed by atoms with Crippen molar-refractivity contribution in [3.8, 4) is 0 Å². The Morgan fingerprint density at radius 1 is 0.821 bits per heavy atom. The molecule has 0 aliphatic heterocycles. The fraction of sp³-hybridized carbons (Fsp3) is 1.00. The van der Waals surface area contributed by atoms with Gasteiger partial charge in [-0.3, -0.25) is 0 Å². The van der Waals surface area contributed by atoms with Gasteiger partial charge in [-0.15, -0.1) is 0 Å². The minimum atomic E-state index is 0.492. The van der Waals surface area contributed by atoms with Gasteiger partial charge in [0.15, 0.2) is 0 Å². The van der Waals surface area contributed by atoms with Crippen LogP contribution in [0.4, 0.5) is 0 Å². The second kappa shape index (κ2) is 7.90. The Bertz CT molecular complexity index is 540. The van der Waals surface area contributed by atoms with Gasteiger partial charge in [-0.05, 0) is 110 Å². The van der Waals surface area contributed by atoms with Crippen LogP contribution in [0.25, 0.3) is 0 Å². The van der Waals surface area contributed by atoms with E-state index in [2.05, 4.69) is 34.6 Å². The van der Waals surface area contributed by atoms with Crippen LogP contribution >= 0.6 is 0 Å². The summed E-state index contributed by atoms with van der Waals surface area (Å²) >= 11 is 0. The second-order valence-electron chi connectivity index (χ2n) is 12.7. The van der Waals surface area contributed by atoms with Crippen molar-refractivity contribution in [2.45, 2.75) is 118 Å². The smallest absolute Gasteiger partial charge is 0.00418 e. The first kappa shape index (κ1) is 21.2. The van der Waals surface area contributed by atoms with Crippen molar-refractivity contribution in [2.24, 2.45) is 58.0 Å². The van der Waals surface area contributed by atoms with Gasteiger partial charge < -0.3 is 5.73 Å². The summed E-state index contributed by atoms with van der Waals surface area (Å²) in [6.07, 6.45) is 17.5. The first-order valence-electron chi connectivity index (χ1n) is 13.0. The molecule has 0 saturated heterocycles. The van der Waals surface area contributed by atoms with E-state index in [0.29, 0.717) is 16.9 Å². The average Bonchev–Trinajstić information content (AvgIpc) is 2.99. The third-order valence-electron chi connectivity index (χ3n) is 10.9. The van der Waals surface area contributed by atoms with Crippen molar-refractivity contribution in [1.82, 2.24) is 0 Å². The van der Waals surface area contributed by atoms with Gasteiger partial charge in [-0.1, -0.05) is 53.9 Å². The molecule has 28 heavy (non-hydrogen) atoms. The third-order valence-corrected chi connectivity index (χ3v) is 10.9. The molecule has 0 aromatic heterocycles. The van der Waals surface area contributed by atoms with Gasteiger partial charge in [-0.2, -0.15) is 0 Å². The Balaban J connectivity index is 1.46. The monoisotopic (exact) mass is 387 g/mol. The highest BCUT2D eigenvalue weighted by molar-refractivity contribution is 5.09. The molecule has 0 heterocycles. The molecule has 2 N–H and O–H groups in total. The first-order valence-corrected chi connectivity index (χ1v) is 13.0. The molecule has 0 aromatic carbocycles. The number of fused-ring (bicyclic) bond motifs is 5. The number of hydrogen-bond acceptors (Lipinski definition) is 1. The van der Waals surface area contributed by atoms with E-state index in [1.54, 1.807) is 0 Å². The molecule has 4 aliphatic rings. The molecule has 0 radical (unpaired) electrons. The van der Waals surface area contributed by atoms with Crippen LogP contribution in [-0.4, -0.2) is 6.04 Å². The highest BCUT2D eigenvalue weighted by atomic mass is 14.7. The van der Waals surface area contributed by atoms with Crippen LogP contribution in [0, 0.1) is 52.3 Å². The molecule has 0 amide bonds. The molecule has 0 spiro atoms. The van der Waals surface area contributed by atoms with E-state index in [-0.39, 0.29) is 0 Å². The largest absolute Gasteiger partial charge is 0.328 e. The standard InChI is InChI=1S/C27H49N/c1-18(2)7-6-8-19(3)23-11-12-24-22-10-9-20-17-21(28)13-15-26(20,4)25(22)14-16-27(23,24)5/h18-25H,6-17,28H2,1-5H3/t19-,20+,21-,22-,23-,24-,25-,26+,27+/m1/s1. The fourth-order valence-electron chi connectivity index (χ4n) is 9.32. The van der Waals surface area contributed by atoms with Crippen molar-refractivity contribution in [3.05, 3.63) is 0 Å². The minimum Gasteiger partial charge on any atom is -0.328 e. The SMILES string of the molecule is CC(C)CCC[C@@H](C)[C@H]1CC[C@@H]2[C@H]3CC[C@H]4C[C@H](N)CC[C@]4(C)[C@@H]3CC[C@]21C. The van der Waals surface area contributed by atoms with Crippen molar-refractivity contribution >= 4 is 0 Å². The lowest BCUT2D eigenvalue weighted by molar-refractivity contribution is -0.116. The summed E-state index contributed by atoms with van der Waals surface area (Å²) in [5.41, 5.74) is 7.64. The molecule has 0 bridgehead atoms. The molecule has 1 heteroatoms. The highest BCUT2D eigenvalue weighted by Crippen LogP contribution is 2.68. The molecule has 9 atom stereocenters. The lowest BCUT2D eigenvalue weighted by Crippen LogP contribution is -2.54. The highest BCUT2D eigenvalue weighted by Gasteiger charge is 2.60. The molecule has 0 aromatic rings. The molecular formula is C27H49N. The molecule has 4 rings (SSSR count). The van der Waals surface area contributed by atoms with Gasteiger partial charge in [0.1, 0.15) is 0 Å². The zero-order valence-corrected chi connectivity index (χ0v) is 19.7. The van der Waals surface area contributed by atoms with Gasteiger partial charge in [0.25, 0.3) is 0 Å². The van der Waals surface area contributed by atoms with Crippen molar-refractivity contribution < 1.29 is 0 Å². The summed E-state index contributed by atoms with van der Waals surface area (Å²) in [5.74, 6) is 6.79. The summed E-state index contributed by atoms with van der Waals surface area (Å²) in [6.45, 7) is 12.8. The van der Waals surface area contributed by atoms with Crippen LogP contribution in [0.1, 0.15) is 112 Å². The molecule has 4 fully saturated rings. The third kappa shape index (κ3) is 3.50. The molecule has 162 valence electrons. The zero-order valence-electron chi connectivity index (χ0n) is 19.7. The Morgan fingerprint density at radius 3 is 2.29 bits per heavy atom. The maximum atomic E-state index is 6.39. The van der Waals surface area contributed by atoms with Crippen LogP contribution in [0.2, 0.25) is 0 Å². The fourth-order valence-corrected chi connectivity index (χ4v) is 9.32. The number of hydrogen-bond donors (Lipinski definition) is 1. The van der Waals surface area contributed by atoms with Crippen molar-refractivity contribution in [3.63, 3.8) is 0 Å². The molecule has 4 aliphatic carbocycles. The summed E-state index contributed by atoms with van der Waals surface area (Å²) in [6, 6.07) is 0.492. The van der Waals surface area contributed by atoms with Crippen molar-refractivity contribution in [2.75, 3.05) is 0 Å². The Labute approximate surface area is 176 Å². The van der Waals surface area contributed by atoms with Crippen molar-refractivity contribution in [1.29, 1.82) is 0 Å². The molecule has 1 nitrogen and oxygen atoms in total. The van der Waals surface area contributed by atoms with E-state index < -0.39 is 0 Å². The van der Waals surface area contributed by atoms with Gasteiger partial charge in [0.2, 0.25) is 0 Å². The Hall–Kier alpha value is -0.0400. The predicted octanol–water partition coefficient (Wildman–Crippen LogP) is 7.44. The quantitative estimate of drug-likeness (QED) is 0.521. The lowest BCUT2D eigenvalue weighted by atomic mass is 9.44. The topological polar surface area (TPSA) is 26.0 Å². The first-order chi connectivity index (χ1) is 13.3. The predicted molar refractivity (Wildman–Crippen MR) is 121 cm³/mol. The number of nitrogens with two attached hydrogens (primary N) is 1. The lowest BCUT2D eigenvalue weighted by Gasteiger charge is -2.61. The summed E-state index contributed by atoms with van der Waals surface area (Å²) in [4.78, 5) is 0. The van der Waals surface area contributed by atoms with E-state index in [1.165, 1.54) is 77.0 Å². The number of rotatable bonds is 5. The van der Waals surface area contributed by atoms with E-state index in [4.69, 9.17) is 5.73 Å². The maximum Gasteiger partial charge on any atom is 0.00418 e. The Morgan fingerprint density at radius 2 is 1.54 bits per heavy atom. The molecule has 0 unspecified atom stereocenters. The summed E-state index contributed by atoms with van der Waals surface area (Å²) in [5, 5.41) is 0. The van der Waals surface area contributed by atoms with Crippen LogP contribution < -0.4 is 5.73 Å². The van der Waals surface area contributed by atoms with E-state index in [9.17, 15) is 0 Å². The van der Waals surface area contributed by atoms with Gasteiger partial charge in [0, 0.05) is 6.04 Å². The van der Waals surface area contributed by atoms with Crippen LogP contribution in [0.3, 0.4) is 0 Å². The van der Waals surface area contributed by atoms with E-state index >= 15 is 0 Å². The van der Waals surface area contributed by atoms with E-state index in [1.807, 2.05) is 0 Å².